The lowest BCUT2D eigenvalue weighted by Crippen LogP contribution is -2.11. The molecular formula is C34H33N. The van der Waals surface area contributed by atoms with E-state index in [2.05, 4.69) is 133 Å². The highest BCUT2D eigenvalue weighted by atomic mass is 15.1. The van der Waals surface area contributed by atoms with Crippen molar-refractivity contribution in [2.75, 3.05) is 4.90 Å². The van der Waals surface area contributed by atoms with Crippen LogP contribution in [0.3, 0.4) is 0 Å². The molecule has 0 N–H and O–H groups in total. The van der Waals surface area contributed by atoms with Crippen LogP contribution < -0.4 is 4.90 Å². The van der Waals surface area contributed by atoms with Crippen LogP contribution in [0.5, 0.6) is 0 Å². The predicted octanol–water partition coefficient (Wildman–Crippen LogP) is 10.5. The van der Waals surface area contributed by atoms with Crippen LogP contribution in [-0.2, 0) is 0 Å². The van der Waals surface area contributed by atoms with Gasteiger partial charge in [0.25, 0.3) is 0 Å². The Bertz CT molecular complexity index is 1410. The molecule has 0 bridgehead atoms. The van der Waals surface area contributed by atoms with Crippen LogP contribution in [0.1, 0.15) is 32.8 Å². The minimum Gasteiger partial charge on any atom is -0.309 e. The van der Waals surface area contributed by atoms with Gasteiger partial charge in [0.2, 0.25) is 0 Å². The van der Waals surface area contributed by atoms with Crippen LogP contribution in [0.4, 0.5) is 17.1 Å². The summed E-state index contributed by atoms with van der Waals surface area (Å²) in [5.41, 5.74) is 5.80. The van der Waals surface area contributed by atoms with E-state index in [1.165, 1.54) is 32.8 Å². The standard InChI is InChI=1S/C32H27N.C2H6/c1-3-4-13-24(2)25-20-21-31-27(22-25)23-26-14-11-12-19-30(26)32(31)33(28-15-7-5-8-16-28)29-17-9-6-10-18-29;1-2/h3-12,14-23H,2,13H2,1H3;1-2H3/b4-3-;. The van der Waals surface area contributed by atoms with Crippen molar-refractivity contribution in [3.05, 3.63) is 133 Å². The van der Waals surface area contributed by atoms with Gasteiger partial charge in [0.1, 0.15) is 0 Å². The van der Waals surface area contributed by atoms with E-state index in [-0.39, 0.29) is 0 Å². The Balaban J connectivity index is 0.00000141. The second kappa shape index (κ2) is 11.4. The minimum absolute atomic E-state index is 0.864. The predicted molar refractivity (Wildman–Crippen MR) is 156 cm³/mol. The van der Waals surface area contributed by atoms with Gasteiger partial charge in [-0.25, -0.2) is 0 Å². The van der Waals surface area contributed by atoms with Gasteiger partial charge in [-0.2, -0.15) is 0 Å². The molecular weight excluding hydrogens is 422 g/mol. The fourth-order valence-electron chi connectivity index (χ4n) is 4.45. The van der Waals surface area contributed by atoms with E-state index in [1.807, 2.05) is 20.8 Å². The minimum atomic E-state index is 0.864. The van der Waals surface area contributed by atoms with E-state index in [0.717, 1.165) is 23.4 Å². The third-order valence-corrected chi connectivity index (χ3v) is 6.09. The van der Waals surface area contributed by atoms with Crippen LogP contribution in [0.15, 0.2) is 128 Å². The molecule has 0 aliphatic heterocycles. The maximum absolute atomic E-state index is 4.32. The van der Waals surface area contributed by atoms with E-state index in [0.29, 0.717) is 0 Å². The first-order valence-electron chi connectivity index (χ1n) is 12.4. The zero-order chi connectivity index (χ0) is 24.6. The normalized spacial score (nSPS) is 10.8. The van der Waals surface area contributed by atoms with Gasteiger partial charge in [-0.05, 0) is 71.7 Å². The third kappa shape index (κ3) is 5.05. The summed E-state index contributed by atoms with van der Waals surface area (Å²) in [6.07, 6.45) is 5.10. The molecule has 0 aliphatic carbocycles. The molecule has 5 rings (SSSR count). The number of hydrogen-bond acceptors (Lipinski definition) is 1. The zero-order valence-electron chi connectivity index (χ0n) is 20.9. The smallest absolute Gasteiger partial charge is 0.0618 e. The van der Waals surface area contributed by atoms with E-state index >= 15 is 0 Å². The van der Waals surface area contributed by atoms with Crippen molar-refractivity contribution < 1.29 is 0 Å². The lowest BCUT2D eigenvalue weighted by atomic mass is 9.95. The monoisotopic (exact) mass is 455 g/mol. The van der Waals surface area contributed by atoms with Gasteiger partial charge in [0, 0.05) is 22.1 Å². The van der Waals surface area contributed by atoms with Crippen molar-refractivity contribution in [3.8, 4) is 0 Å². The summed E-state index contributed by atoms with van der Waals surface area (Å²) in [5.74, 6) is 0. The summed E-state index contributed by atoms with van der Waals surface area (Å²) < 4.78 is 0. The molecule has 1 heteroatoms. The maximum atomic E-state index is 4.32. The molecule has 0 heterocycles. The largest absolute Gasteiger partial charge is 0.309 e. The highest BCUT2D eigenvalue weighted by Crippen LogP contribution is 2.44. The summed E-state index contributed by atoms with van der Waals surface area (Å²) in [6.45, 7) is 10.4. The van der Waals surface area contributed by atoms with E-state index < -0.39 is 0 Å². The SMILES string of the molecule is C=C(C/C=C\C)c1ccc2c(N(c3ccccc3)c3ccccc3)c3ccccc3cc2c1.CC. The molecule has 0 aromatic heterocycles. The van der Waals surface area contributed by atoms with Gasteiger partial charge in [0.05, 0.1) is 5.69 Å². The van der Waals surface area contributed by atoms with Gasteiger partial charge in [-0.15, -0.1) is 0 Å². The molecule has 174 valence electrons. The number of rotatable bonds is 6. The summed E-state index contributed by atoms with van der Waals surface area (Å²) in [6, 6.07) is 38.9. The maximum Gasteiger partial charge on any atom is 0.0618 e. The lowest BCUT2D eigenvalue weighted by molar-refractivity contribution is 1.31. The Kier molecular flexibility index (Phi) is 7.80. The first-order chi connectivity index (χ1) is 17.3. The highest BCUT2D eigenvalue weighted by Gasteiger charge is 2.18. The van der Waals surface area contributed by atoms with Crippen LogP contribution in [0.2, 0.25) is 0 Å². The number of hydrogen-bond donors (Lipinski definition) is 0. The van der Waals surface area contributed by atoms with Gasteiger partial charge in [0.15, 0.2) is 0 Å². The molecule has 5 aromatic carbocycles. The van der Waals surface area contributed by atoms with E-state index in [4.69, 9.17) is 0 Å². The Labute approximate surface area is 209 Å². The topological polar surface area (TPSA) is 3.24 Å². The number of allylic oxidation sites excluding steroid dienone is 3. The van der Waals surface area contributed by atoms with Gasteiger partial charge in [-0.3, -0.25) is 0 Å². The molecule has 0 unspecified atom stereocenters. The molecule has 0 atom stereocenters. The summed E-state index contributed by atoms with van der Waals surface area (Å²) in [7, 11) is 0. The fraction of sp³-hybridized carbons (Fsp3) is 0.118. The number of anilines is 3. The molecule has 35 heavy (non-hydrogen) atoms. The Morgan fingerprint density at radius 2 is 1.26 bits per heavy atom. The summed E-state index contributed by atoms with van der Waals surface area (Å²) >= 11 is 0. The van der Waals surface area contributed by atoms with E-state index in [1.54, 1.807) is 0 Å². The highest BCUT2D eigenvalue weighted by molar-refractivity contribution is 6.14. The number of para-hydroxylation sites is 2. The van der Waals surface area contributed by atoms with Crippen LogP contribution >= 0.6 is 0 Å². The van der Waals surface area contributed by atoms with Crippen LogP contribution in [-0.4, -0.2) is 0 Å². The molecule has 0 saturated heterocycles. The number of benzene rings is 5. The molecule has 0 spiro atoms. The fourth-order valence-corrected chi connectivity index (χ4v) is 4.45. The van der Waals surface area contributed by atoms with Crippen molar-refractivity contribution in [1.82, 2.24) is 0 Å². The molecule has 1 nitrogen and oxygen atoms in total. The van der Waals surface area contributed by atoms with Crippen LogP contribution in [0, 0.1) is 0 Å². The van der Waals surface area contributed by atoms with Gasteiger partial charge < -0.3 is 4.90 Å². The van der Waals surface area contributed by atoms with Crippen molar-refractivity contribution in [2.45, 2.75) is 27.2 Å². The molecule has 0 radical (unpaired) electrons. The first-order valence-corrected chi connectivity index (χ1v) is 12.4. The third-order valence-electron chi connectivity index (χ3n) is 6.09. The second-order valence-corrected chi connectivity index (χ2v) is 8.27. The second-order valence-electron chi connectivity index (χ2n) is 8.27. The number of nitrogens with zero attached hydrogens (tertiary/aromatic N) is 1. The Hall–Kier alpha value is -4.10. The molecule has 0 aliphatic rings. The lowest BCUT2D eigenvalue weighted by Gasteiger charge is -2.28. The van der Waals surface area contributed by atoms with Gasteiger partial charge >= 0.3 is 0 Å². The van der Waals surface area contributed by atoms with Crippen molar-refractivity contribution >= 4 is 44.2 Å². The molecule has 5 aromatic rings. The quantitative estimate of drug-likeness (QED) is 0.182. The van der Waals surface area contributed by atoms with E-state index in [9.17, 15) is 0 Å². The Morgan fingerprint density at radius 1 is 0.686 bits per heavy atom. The Morgan fingerprint density at radius 3 is 1.89 bits per heavy atom. The van der Waals surface area contributed by atoms with Gasteiger partial charge in [-0.1, -0.05) is 105 Å². The molecule has 0 amide bonds. The van der Waals surface area contributed by atoms with Crippen molar-refractivity contribution in [1.29, 1.82) is 0 Å². The molecule has 0 saturated carbocycles. The zero-order valence-corrected chi connectivity index (χ0v) is 20.9. The molecule has 0 fully saturated rings. The first kappa shape index (κ1) is 24.0. The average Bonchev–Trinajstić information content (AvgIpc) is 2.93. The summed E-state index contributed by atoms with van der Waals surface area (Å²) in [4.78, 5) is 2.37. The van der Waals surface area contributed by atoms with Crippen molar-refractivity contribution in [2.24, 2.45) is 0 Å². The summed E-state index contributed by atoms with van der Waals surface area (Å²) in [5, 5.41) is 4.91. The average molecular weight is 456 g/mol. The van der Waals surface area contributed by atoms with Crippen molar-refractivity contribution in [3.63, 3.8) is 0 Å². The van der Waals surface area contributed by atoms with Crippen LogP contribution in [0.25, 0.3) is 27.1 Å². The number of fused-ring (bicyclic) bond motifs is 2.